The van der Waals surface area contributed by atoms with Crippen molar-refractivity contribution in [3.63, 3.8) is 0 Å². The first-order chi connectivity index (χ1) is 8.85. The molecule has 0 aliphatic carbocycles. The van der Waals surface area contributed by atoms with E-state index in [4.69, 9.17) is 10.2 Å². The molecule has 0 aliphatic heterocycles. The molecule has 0 aromatic carbocycles. The maximum Gasteiger partial charge on any atom is 0.0431 e. The summed E-state index contributed by atoms with van der Waals surface area (Å²) in [6.45, 7) is 6.45. The first kappa shape index (κ1) is 17.9. The van der Waals surface area contributed by atoms with Crippen LogP contribution in [-0.4, -0.2) is 48.0 Å². The normalized spacial score (nSPS) is 11.3. The number of hydrogen-bond donors (Lipinski definition) is 2. The Hall–Kier alpha value is -0.120. The van der Waals surface area contributed by atoms with E-state index in [0.717, 1.165) is 25.7 Å². The lowest BCUT2D eigenvalue weighted by Gasteiger charge is -2.22. The van der Waals surface area contributed by atoms with Gasteiger partial charge in [0, 0.05) is 13.2 Å². The Bertz CT molecular complexity index is 141. The fourth-order valence-corrected chi connectivity index (χ4v) is 2.17. The maximum absolute atomic E-state index is 8.77. The number of unbranched alkanes of at least 4 members (excludes halogenated alkanes) is 6. The van der Waals surface area contributed by atoms with Crippen LogP contribution in [0, 0.1) is 0 Å². The van der Waals surface area contributed by atoms with Crippen LogP contribution in [0.5, 0.6) is 0 Å². The van der Waals surface area contributed by atoms with Gasteiger partial charge < -0.3 is 15.1 Å². The minimum atomic E-state index is 0.326. The second-order valence-corrected chi connectivity index (χ2v) is 5.12. The zero-order chi connectivity index (χ0) is 13.5. The molecule has 110 valence electrons. The summed E-state index contributed by atoms with van der Waals surface area (Å²) in [6, 6.07) is 0. The van der Waals surface area contributed by atoms with E-state index in [9.17, 15) is 0 Å². The van der Waals surface area contributed by atoms with Gasteiger partial charge in [0.1, 0.15) is 0 Å². The van der Waals surface area contributed by atoms with Crippen molar-refractivity contribution in [2.75, 3.05) is 32.8 Å². The summed E-state index contributed by atoms with van der Waals surface area (Å²) in [5.74, 6) is 0. The molecule has 18 heavy (non-hydrogen) atoms. The summed E-state index contributed by atoms with van der Waals surface area (Å²) in [7, 11) is 0. The summed E-state index contributed by atoms with van der Waals surface area (Å²) < 4.78 is 0. The summed E-state index contributed by atoms with van der Waals surface area (Å²) in [4.78, 5) is 2.56. The summed E-state index contributed by atoms with van der Waals surface area (Å²) in [5, 5.41) is 17.5. The van der Waals surface area contributed by atoms with Gasteiger partial charge in [0.15, 0.2) is 0 Å². The molecule has 0 aliphatic rings. The molecule has 0 fully saturated rings. The Morgan fingerprint density at radius 2 is 1.06 bits per heavy atom. The van der Waals surface area contributed by atoms with Crippen LogP contribution < -0.4 is 0 Å². The highest BCUT2D eigenvalue weighted by atomic mass is 16.3. The Labute approximate surface area is 113 Å². The first-order valence-corrected chi connectivity index (χ1v) is 7.79. The van der Waals surface area contributed by atoms with E-state index in [1.54, 1.807) is 0 Å². The molecule has 0 spiro atoms. The molecule has 0 unspecified atom stereocenters. The molecule has 3 heteroatoms. The monoisotopic (exact) mass is 259 g/mol. The van der Waals surface area contributed by atoms with Gasteiger partial charge in [0.25, 0.3) is 0 Å². The van der Waals surface area contributed by atoms with Crippen molar-refractivity contribution in [1.82, 2.24) is 4.90 Å². The zero-order valence-corrected chi connectivity index (χ0v) is 12.2. The van der Waals surface area contributed by atoms with Crippen molar-refractivity contribution in [3.8, 4) is 0 Å². The molecule has 0 atom stereocenters. The molecule has 0 saturated heterocycles. The fraction of sp³-hybridized carbons (Fsp3) is 1.00. The topological polar surface area (TPSA) is 43.7 Å². The predicted molar refractivity (Wildman–Crippen MR) is 77.8 cm³/mol. The van der Waals surface area contributed by atoms with Crippen LogP contribution in [0.1, 0.15) is 64.7 Å². The summed E-state index contributed by atoms with van der Waals surface area (Å²) in [6.07, 6.45) is 10.5. The van der Waals surface area contributed by atoms with E-state index in [1.807, 2.05) is 0 Å². The minimum Gasteiger partial charge on any atom is -0.396 e. The molecule has 2 N–H and O–H groups in total. The van der Waals surface area contributed by atoms with Gasteiger partial charge >= 0.3 is 0 Å². The van der Waals surface area contributed by atoms with E-state index >= 15 is 0 Å². The van der Waals surface area contributed by atoms with Crippen molar-refractivity contribution >= 4 is 0 Å². The van der Waals surface area contributed by atoms with E-state index < -0.39 is 0 Å². The molecule has 0 radical (unpaired) electrons. The van der Waals surface area contributed by atoms with Gasteiger partial charge in [-0.2, -0.15) is 0 Å². The molecular formula is C15H33NO2. The van der Waals surface area contributed by atoms with Crippen molar-refractivity contribution in [2.45, 2.75) is 64.7 Å². The van der Waals surface area contributed by atoms with Gasteiger partial charge in [-0.3, -0.25) is 0 Å². The second kappa shape index (κ2) is 14.9. The lowest BCUT2D eigenvalue weighted by molar-refractivity contribution is 0.238. The minimum absolute atomic E-state index is 0.326. The van der Waals surface area contributed by atoms with Crippen LogP contribution in [0.15, 0.2) is 0 Å². The van der Waals surface area contributed by atoms with Crippen LogP contribution in [0.3, 0.4) is 0 Å². The van der Waals surface area contributed by atoms with Crippen LogP contribution >= 0.6 is 0 Å². The van der Waals surface area contributed by atoms with E-state index in [2.05, 4.69) is 11.8 Å². The summed E-state index contributed by atoms with van der Waals surface area (Å²) >= 11 is 0. The number of nitrogens with zero attached hydrogens (tertiary/aromatic N) is 1. The van der Waals surface area contributed by atoms with Crippen molar-refractivity contribution in [3.05, 3.63) is 0 Å². The Balaban J connectivity index is 3.62. The largest absolute Gasteiger partial charge is 0.396 e. The van der Waals surface area contributed by atoms with E-state index in [1.165, 1.54) is 51.7 Å². The average molecular weight is 259 g/mol. The summed E-state index contributed by atoms with van der Waals surface area (Å²) in [5.41, 5.74) is 0. The molecule has 0 saturated carbocycles. The van der Waals surface area contributed by atoms with E-state index in [0.29, 0.717) is 13.2 Å². The Morgan fingerprint density at radius 1 is 0.611 bits per heavy atom. The van der Waals surface area contributed by atoms with Gasteiger partial charge in [0.05, 0.1) is 0 Å². The van der Waals surface area contributed by atoms with Crippen LogP contribution in [0.25, 0.3) is 0 Å². The van der Waals surface area contributed by atoms with Crippen molar-refractivity contribution in [1.29, 1.82) is 0 Å². The number of rotatable bonds is 14. The maximum atomic E-state index is 8.77. The van der Waals surface area contributed by atoms with Gasteiger partial charge in [-0.15, -0.1) is 0 Å². The molecular weight excluding hydrogens is 226 g/mol. The molecule has 0 heterocycles. The Morgan fingerprint density at radius 3 is 1.44 bits per heavy atom. The fourth-order valence-electron chi connectivity index (χ4n) is 2.17. The third-order valence-electron chi connectivity index (χ3n) is 3.34. The van der Waals surface area contributed by atoms with E-state index in [-0.39, 0.29) is 0 Å². The highest BCUT2D eigenvalue weighted by Crippen LogP contribution is 2.05. The molecule has 0 bridgehead atoms. The number of hydrogen-bond acceptors (Lipinski definition) is 3. The first-order valence-electron chi connectivity index (χ1n) is 7.79. The van der Waals surface area contributed by atoms with Gasteiger partial charge in [0.2, 0.25) is 0 Å². The van der Waals surface area contributed by atoms with Crippen LogP contribution in [0.4, 0.5) is 0 Å². The highest BCUT2D eigenvalue weighted by Gasteiger charge is 2.04. The Kier molecular flexibility index (Phi) is 14.8. The quantitative estimate of drug-likeness (QED) is 0.471. The van der Waals surface area contributed by atoms with Crippen LogP contribution in [-0.2, 0) is 0 Å². The standard InChI is InChI=1S/C15H33NO2/c1-2-3-6-11-16(12-7-4-9-14-17)13-8-5-10-15-18/h17-18H,2-15H2,1H3. The van der Waals surface area contributed by atoms with Gasteiger partial charge in [-0.1, -0.05) is 19.8 Å². The third kappa shape index (κ3) is 12.3. The molecule has 0 amide bonds. The van der Waals surface area contributed by atoms with Gasteiger partial charge in [-0.05, 0) is 64.6 Å². The van der Waals surface area contributed by atoms with Crippen molar-refractivity contribution in [2.24, 2.45) is 0 Å². The molecule has 0 aromatic heterocycles. The molecule has 0 rings (SSSR count). The third-order valence-corrected chi connectivity index (χ3v) is 3.34. The zero-order valence-electron chi connectivity index (χ0n) is 12.2. The molecule has 3 nitrogen and oxygen atoms in total. The van der Waals surface area contributed by atoms with Crippen LogP contribution in [0.2, 0.25) is 0 Å². The number of aliphatic hydroxyl groups excluding tert-OH is 2. The predicted octanol–water partition coefficient (Wildman–Crippen LogP) is 2.80. The SMILES string of the molecule is CCCCCN(CCCCCO)CCCCCO. The second-order valence-electron chi connectivity index (χ2n) is 5.12. The molecule has 0 aromatic rings. The average Bonchev–Trinajstić information content (AvgIpc) is 2.39. The number of aliphatic hydroxyl groups is 2. The van der Waals surface area contributed by atoms with Gasteiger partial charge in [-0.25, -0.2) is 0 Å². The van der Waals surface area contributed by atoms with Crippen molar-refractivity contribution < 1.29 is 10.2 Å². The smallest absolute Gasteiger partial charge is 0.0431 e. The lowest BCUT2D eigenvalue weighted by Crippen LogP contribution is -2.27. The lowest BCUT2D eigenvalue weighted by atomic mass is 10.2. The highest BCUT2D eigenvalue weighted by molar-refractivity contribution is 4.59.